The van der Waals surface area contributed by atoms with Crippen molar-refractivity contribution in [2.75, 3.05) is 32.8 Å². The zero-order valence-corrected chi connectivity index (χ0v) is 18.6. The zero-order chi connectivity index (χ0) is 24.9. The van der Waals surface area contributed by atoms with E-state index in [-0.39, 0.29) is 43.0 Å². The highest BCUT2D eigenvalue weighted by atomic mass is 19.2. The third-order valence-electron chi connectivity index (χ3n) is 4.71. The maximum Gasteiger partial charge on any atom is 0.292 e. The van der Waals surface area contributed by atoms with Gasteiger partial charge < -0.3 is 25.0 Å². The number of benzene rings is 1. The van der Waals surface area contributed by atoms with Crippen molar-refractivity contribution in [2.45, 2.75) is 32.4 Å². The number of carbonyl (C=O) groups excluding carboxylic acids is 2. The number of ether oxygens (including phenoxy) is 1. The van der Waals surface area contributed by atoms with Crippen LogP contribution in [0.2, 0.25) is 0 Å². The van der Waals surface area contributed by atoms with Crippen LogP contribution in [0.1, 0.15) is 35.4 Å². The van der Waals surface area contributed by atoms with Crippen molar-refractivity contribution < 1.29 is 37.5 Å². The first-order valence-corrected chi connectivity index (χ1v) is 10.6. The summed E-state index contributed by atoms with van der Waals surface area (Å²) in [7, 11) is 0. The van der Waals surface area contributed by atoms with Gasteiger partial charge in [0.05, 0.1) is 12.7 Å². The molecule has 34 heavy (non-hydrogen) atoms. The van der Waals surface area contributed by atoms with Crippen molar-refractivity contribution in [1.29, 1.82) is 0 Å². The van der Waals surface area contributed by atoms with Gasteiger partial charge in [0.2, 0.25) is 11.8 Å². The zero-order valence-electron chi connectivity index (χ0n) is 18.6. The van der Waals surface area contributed by atoms with Crippen molar-refractivity contribution in [1.82, 2.24) is 25.7 Å². The lowest BCUT2D eigenvalue weighted by Gasteiger charge is -2.33. The van der Waals surface area contributed by atoms with Crippen LogP contribution in [0, 0.1) is 11.6 Å². The molecule has 186 valence electrons. The standard InChI is InChI=1S/C20H25F2N5O4.CH2O2/c1-2-23-20(29)19-25-18(31-26-19)6-5-17(28)24-10-14-12-27(7-8-30-14)11-13-3-4-15(21)16(22)9-13;2-1-3/h3-4,9,14H,2,5-8,10-12H2,1H3,(H,23,29)(H,24,28);1H,(H,2,3)/t14-;/m0./s1. The SMILES string of the molecule is CCNC(=O)c1noc(CCC(=O)NC[C@H]2CN(Cc3ccc(F)c(F)c3)CCO2)n1.O=CO. The van der Waals surface area contributed by atoms with Gasteiger partial charge in [0.25, 0.3) is 18.2 Å². The van der Waals surface area contributed by atoms with Gasteiger partial charge in [-0.1, -0.05) is 11.2 Å². The maximum atomic E-state index is 13.4. The first kappa shape index (κ1) is 26.8. The van der Waals surface area contributed by atoms with Crippen molar-refractivity contribution in [3.8, 4) is 0 Å². The van der Waals surface area contributed by atoms with Gasteiger partial charge in [-0.05, 0) is 24.6 Å². The molecule has 1 saturated heterocycles. The molecule has 3 rings (SSSR count). The van der Waals surface area contributed by atoms with E-state index in [9.17, 15) is 18.4 Å². The Labute approximate surface area is 194 Å². The Bertz CT molecular complexity index is 957. The summed E-state index contributed by atoms with van der Waals surface area (Å²) in [6, 6.07) is 3.86. The molecule has 1 aliphatic heterocycles. The predicted molar refractivity (Wildman–Crippen MR) is 114 cm³/mol. The molecule has 2 aromatic rings. The third-order valence-corrected chi connectivity index (χ3v) is 4.71. The fraction of sp³-hybridized carbons (Fsp3) is 0.476. The highest BCUT2D eigenvalue weighted by Crippen LogP contribution is 2.13. The van der Waals surface area contributed by atoms with Crippen molar-refractivity contribution in [2.24, 2.45) is 0 Å². The van der Waals surface area contributed by atoms with Crippen LogP contribution in [0.3, 0.4) is 0 Å². The number of nitrogens with zero attached hydrogens (tertiary/aromatic N) is 3. The van der Waals surface area contributed by atoms with E-state index in [1.807, 2.05) is 0 Å². The third kappa shape index (κ3) is 8.83. The Morgan fingerprint density at radius 3 is 2.76 bits per heavy atom. The minimum Gasteiger partial charge on any atom is -0.483 e. The van der Waals surface area contributed by atoms with E-state index in [0.717, 1.165) is 6.07 Å². The van der Waals surface area contributed by atoms with E-state index in [0.29, 0.717) is 44.9 Å². The average Bonchev–Trinajstić information content (AvgIpc) is 3.29. The van der Waals surface area contributed by atoms with Crippen molar-refractivity contribution >= 4 is 18.3 Å². The fourth-order valence-electron chi connectivity index (χ4n) is 3.17. The number of hydrogen-bond donors (Lipinski definition) is 3. The van der Waals surface area contributed by atoms with Crippen molar-refractivity contribution in [3.05, 3.63) is 47.1 Å². The van der Waals surface area contributed by atoms with E-state index < -0.39 is 17.5 Å². The maximum absolute atomic E-state index is 13.4. The molecule has 0 aliphatic carbocycles. The van der Waals surface area contributed by atoms with Gasteiger partial charge in [0, 0.05) is 45.6 Å². The Kier molecular flexibility index (Phi) is 11.0. The monoisotopic (exact) mass is 483 g/mol. The summed E-state index contributed by atoms with van der Waals surface area (Å²) in [6.07, 6.45) is 0.129. The quantitative estimate of drug-likeness (QED) is 0.440. The smallest absolute Gasteiger partial charge is 0.292 e. The molecular formula is C21H27F2N5O6. The topological polar surface area (TPSA) is 147 Å². The summed E-state index contributed by atoms with van der Waals surface area (Å²) in [5.41, 5.74) is 0.676. The summed E-state index contributed by atoms with van der Waals surface area (Å²) in [5.74, 6) is -2.22. The molecule has 11 nitrogen and oxygen atoms in total. The van der Waals surface area contributed by atoms with Gasteiger partial charge in [0.15, 0.2) is 11.6 Å². The molecule has 0 saturated carbocycles. The Morgan fingerprint density at radius 1 is 1.29 bits per heavy atom. The molecule has 1 aromatic heterocycles. The van der Waals surface area contributed by atoms with Gasteiger partial charge in [0.1, 0.15) is 0 Å². The minimum absolute atomic E-state index is 0.0611. The number of halogens is 2. The second kappa shape index (κ2) is 14.0. The van der Waals surface area contributed by atoms with E-state index in [4.69, 9.17) is 19.2 Å². The van der Waals surface area contributed by atoms with Gasteiger partial charge in [-0.2, -0.15) is 4.98 Å². The molecule has 0 radical (unpaired) electrons. The number of aryl methyl sites for hydroxylation is 1. The van der Waals surface area contributed by atoms with Crippen LogP contribution in [-0.4, -0.2) is 77.3 Å². The van der Waals surface area contributed by atoms with E-state index in [1.54, 1.807) is 13.0 Å². The lowest BCUT2D eigenvalue weighted by Crippen LogP contribution is -2.47. The molecule has 0 bridgehead atoms. The molecular weight excluding hydrogens is 456 g/mol. The molecule has 3 N–H and O–H groups in total. The Balaban J connectivity index is 0.00000129. The van der Waals surface area contributed by atoms with Crippen LogP contribution in [0.15, 0.2) is 22.7 Å². The second-order valence-electron chi connectivity index (χ2n) is 7.26. The Morgan fingerprint density at radius 2 is 2.06 bits per heavy atom. The van der Waals surface area contributed by atoms with Crippen LogP contribution in [0.4, 0.5) is 8.78 Å². The van der Waals surface area contributed by atoms with Gasteiger partial charge in [-0.3, -0.25) is 19.3 Å². The van der Waals surface area contributed by atoms with E-state index in [2.05, 4.69) is 25.7 Å². The number of hydrogen-bond acceptors (Lipinski definition) is 8. The molecule has 1 aromatic carbocycles. The van der Waals surface area contributed by atoms with Gasteiger partial charge >= 0.3 is 0 Å². The van der Waals surface area contributed by atoms with Crippen LogP contribution in [0.5, 0.6) is 0 Å². The van der Waals surface area contributed by atoms with Crippen LogP contribution in [0.25, 0.3) is 0 Å². The first-order valence-electron chi connectivity index (χ1n) is 10.6. The summed E-state index contributed by atoms with van der Waals surface area (Å²) in [4.78, 5) is 38.1. The first-order chi connectivity index (χ1) is 16.4. The van der Waals surface area contributed by atoms with Crippen molar-refractivity contribution in [3.63, 3.8) is 0 Å². The van der Waals surface area contributed by atoms with E-state index in [1.165, 1.54) is 6.07 Å². The number of rotatable bonds is 9. The van der Waals surface area contributed by atoms with Gasteiger partial charge in [-0.15, -0.1) is 0 Å². The molecule has 1 fully saturated rings. The molecule has 1 aliphatic rings. The summed E-state index contributed by atoms with van der Waals surface area (Å²) in [6.45, 7) is 4.47. The largest absolute Gasteiger partial charge is 0.483 e. The number of amides is 2. The average molecular weight is 483 g/mol. The second-order valence-corrected chi connectivity index (χ2v) is 7.26. The highest BCUT2D eigenvalue weighted by molar-refractivity contribution is 5.90. The number of carboxylic acid groups (broad SMARTS) is 1. The molecule has 1 atom stereocenters. The normalized spacial score (nSPS) is 15.7. The number of morpholine rings is 1. The lowest BCUT2D eigenvalue weighted by molar-refractivity contribution is -0.123. The minimum atomic E-state index is -0.868. The molecule has 0 unspecified atom stereocenters. The summed E-state index contributed by atoms with van der Waals surface area (Å²) in [5, 5.41) is 15.8. The number of nitrogens with one attached hydrogen (secondary N) is 2. The summed E-state index contributed by atoms with van der Waals surface area (Å²) >= 11 is 0. The van der Waals surface area contributed by atoms with Crippen LogP contribution < -0.4 is 10.6 Å². The van der Waals surface area contributed by atoms with Crippen LogP contribution in [-0.2, 0) is 27.3 Å². The van der Waals surface area contributed by atoms with Gasteiger partial charge in [-0.25, -0.2) is 8.78 Å². The number of carbonyl (C=O) groups is 3. The molecule has 2 amide bonds. The fourth-order valence-corrected chi connectivity index (χ4v) is 3.17. The summed E-state index contributed by atoms with van der Waals surface area (Å²) < 4.78 is 37.1. The molecule has 0 spiro atoms. The van der Waals surface area contributed by atoms with E-state index >= 15 is 0 Å². The number of aromatic nitrogens is 2. The molecule has 2 heterocycles. The Hall–Kier alpha value is -3.45. The highest BCUT2D eigenvalue weighted by Gasteiger charge is 2.22. The molecule has 13 heteroatoms. The van der Waals surface area contributed by atoms with Crippen LogP contribution >= 0.6 is 0 Å². The lowest BCUT2D eigenvalue weighted by atomic mass is 10.1. The predicted octanol–water partition coefficient (Wildman–Crippen LogP) is 0.748.